The van der Waals surface area contributed by atoms with Crippen molar-refractivity contribution in [2.45, 2.75) is 31.2 Å². The van der Waals surface area contributed by atoms with Crippen molar-refractivity contribution in [3.05, 3.63) is 29.3 Å². The smallest absolute Gasteiger partial charge is 0.251 e. The van der Waals surface area contributed by atoms with Crippen LogP contribution in [0.4, 0.5) is 0 Å². The summed E-state index contributed by atoms with van der Waals surface area (Å²) in [6, 6.07) is 4.88. The topological polar surface area (TPSA) is 75.3 Å². The maximum atomic E-state index is 12.3. The lowest BCUT2D eigenvalue weighted by molar-refractivity contribution is 0.0915. The molecule has 21 heavy (non-hydrogen) atoms. The summed E-state index contributed by atoms with van der Waals surface area (Å²) in [5.41, 5.74) is 1.04. The molecule has 2 N–H and O–H groups in total. The quantitative estimate of drug-likeness (QED) is 0.877. The van der Waals surface area contributed by atoms with E-state index in [0.29, 0.717) is 17.0 Å². The minimum atomic E-state index is -3.33. The van der Waals surface area contributed by atoms with Gasteiger partial charge in [0, 0.05) is 24.4 Å². The molecule has 1 fully saturated rings. The summed E-state index contributed by atoms with van der Waals surface area (Å²) in [6.07, 6.45) is 2.18. The van der Waals surface area contributed by atoms with Gasteiger partial charge in [0.25, 0.3) is 5.91 Å². The predicted molar refractivity (Wildman–Crippen MR) is 82.2 cm³/mol. The Labute approximate surface area is 126 Å². The lowest BCUT2D eigenvalue weighted by Gasteiger charge is -2.30. The lowest BCUT2D eigenvalue weighted by Crippen LogP contribution is -2.50. The number of carbonyl (C=O) groups excluding carboxylic acids is 1. The number of amides is 1. The van der Waals surface area contributed by atoms with E-state index >= 15 is 0 Å². The number of hydrogen-bond acceptors (Lipinski definition) is 4. The second-order valence-corrected chi connectivity index (χ2v) is 7.79. The molecule has 1 aromatic carbocycles. The fourth-order valence-electron chi connectivity index (χ4n) is 2.58. The normalized spacial score (nSPS) is 22.8. The summed E-state index contributed by atoms with van der Waals surface area (Å²) in [7, 11) is -3.33. The van der Waals surface area contributed by atoms with Crippen LogP contribution in [0.5, 0.6) is 0 Å². The van der Waals surface area contributed by atoms with Crippen LogP contribution in [0.15, 0.2) is 23.1 Å². The first kappa shape index (κ1) is 16.0. The van der Waals surface area contributed by atoms with Crippen LogP contribution in [0, 0.1) is 12.8 Å². The SMILES string of the molecule is Cc1ccc(C(=O)NC2CNCCC2C)cc1S(C)(=O)=O. The molecule has 6 heteroatoms. The molecule has 5 nitrogen and oxygen atoms in total. The molecule has 0 saturated carbocycles. The largest absolute Gasteiger partial charge is 0.348 e. The Morgan fingerprint density at radius 2 is 2.10 bits per heavy atom. The van der Waals surface area contributed by atoms with Gasteiger partial charge in [-0.25, -0.2) is 8.42 Å². The molecule has 1 aromatic rings. The van der Waals surface area contributed by atoms with E-state index in [2.05, 4.69) is 17.6 Å². The average Bonchev–Trinajstić information content (AvgIpc) is 2.40. The summed E-state index contributed by atoms with van der Waals surface area (Å²) in [5.74, 6) is 0.190. The van der Waals surface area contributed by atoms with Crippen LogP contribution in [0.25, 0.3) is 0 Å². The number of rotatable bonds is 3. The molecule has 0 aliphatic carbocycles. The molecule has 0 spiro atoms. The number of carbonyl (C=O) groups is 1. The number of benzene rings is 1. The second kappa shape index (κ2) is 6.15. The third kappa shape index (κ3) is 3.83. The average molecular weight is 310 g/mol. The molecule has 1 amide bonds. The summed E-state index contributed by atoms with van der Waals surface area (Å²) in [6.45, 7) is 5.56. The molecule has 0 radical (unpaired) electrons. The van der Waals surface area contributed by atoms with E-state index in [-0.39, 0.29) is 16.8 Å². The molecule has 1 aliphatic heterocycles. The maximum absolute atomic E-state index is 12.3. The third-order valence-corrected chi connectivity index (χ3v) is 5.23. The molecule has 2 atom stereocenters. The number of nitrogens with one attached hydrogen (secondary N) is 2. The van der Waals surface area contributed by atoms with Crippen LogP contribution >= 0.6 is 0 Å². The van der Waals surface area contributed by atoms with Gasteiger partial charge in [-0.1, -0.05) is 13.0 Å². The number of sulfone groups is 1. The Morgan fingerprint density at radius 1 is 1.38 bits per heavy atom. The molecular formula is C15H22N2O3S. The van der Waals surface area contributed by atoms with E-state index in [0.717, 1.165) is 25.8 Å². The van der Waals surface area contributed by atoms with Gasteiger partial charge < -0.3 is 10.6 Å². The summed E-state index contributed by atoms with van der Waals surface area (Å²) >= 11 is 0. The Bertz CT molecular complexity index is 640. The van der Waals surface area contributed by atoms with Gasteiger partial charge in [0.1, 0.15) is 0 Å². The molecule has 2 unspecified atom stereocenters. The van der Waals surface area contributed by atoms with E-state index in [9.17, 15) is 13.2 Å². The Hall–Kier alpha value is -1.40. The first-order valence-corrected chi connectivity index (χ1v) is 9.00. The zero-order valence-corrected chi connectivity index (χ0v) is 13.5. The van der Waals surface area contributed by atoms with Crippen molar-refractivity contribution in [1.82, 2.24) is 10.6 Å². The fraction of sp³-hybridized carbons (Fsp3) is 0.533. The Balaban J connectivity index is 2.20. The van der Waals surface area contributed by atoms with Crippen LogP contribution in [0.2, 0.25) is 0 Å². The first-order valence-electron chi connectivity index (χ1n) is 7.11. The van der Waals surface area contributed by atoms with E-state index in [1.165, 1.54) is 6.07 Å². The van der Waals surface area contributed by atoms with Crippen molar-refractivity contribution in [2.75, 3.05) is 19.3 Å². The second-order valence-electron chi connectivity index (χ2n) is 5.80. The highest BCUT2D eigenvalue weighted by Gasteiger charge is 2.23. The van der Waals surface area contributed by atoms with Crippen molar-refractivity contribution in [3.63, 3.8) is 0 Å². The van der Waals surface area contributed by atoms with Crippen LogP contribution < -0.4 is 10.6 Å². The highest BCUT2D eigenvalue weighted by Crippen LogP contribution is 2.18. The van der Waals surface area contributed by atoms with Gasteiger partial charge in [-0.15, -0.1) is 0 Å². The zero-order chi connectivity index (χ0) is 15.6. The first-order chi connectivity index (χ1) is 9.79. The van der Waals surface area contributed by atoms with Crippen molar-refractivity contribution < 1.29 is 13.2 Å². The van der Waals surface area contributed by atoms with Crippen LogP contribution in [-0.4, -0.2) is 39.7 Å². The number of aryl methyl sites for hydroxylation is 1. The Morgan fingerprint density at radius 3 is 2.71 bits per heavy atom. The van der Waals surface area contributed by atoms with E-state index in [4.69, 9.17) is 0 Å². The maximum Gasteiger partial charge on any atom is 0.251 e. The molecule has 1 saturated heterocycles. The molecular weight excluding hydrogens is 288 g/mol. The monoisotopic (exact) mass is 310 g/mol. The van der Waals surface area contributed by atoms with Gasteiger partial charge in [-0.2, -0.15) is 0 Å². The third-order valence-electron chi connectivity index (χ3n) is 3.99. The van der Waals surface area contributed by atoms with Gasteiger partial charge >= 0.3 is 0 Å². The van der Waals surface area contributed by atoms with Crippen LogP contribution in [0.3, 0.4) is 0 Å². The van der Waals surface area contributed by atoms with Crippen molar-refractivity contribution in [1.29, 1.82) is 0 Å². The minimum Gasteiger partial charge on any atom is -0.348 e. The Kier molecular flexibility index (Phi) is 4.68. The van der Waals surface area contributed by atoms with Crippen molar-refractivity contribution >= 4 is 15.7 Å². The molecule has 0 aromatic heterocycles. The van der Waals surface area contributed by atoms with Gasteiger partial charge in [0.2, 0.25) is 0 Å². The minimum absolute atomic E-state index is 0.0780. The number of hydrogen-bond donors (Lipinski definition) is 2. The van der Waals surface area contributed by atoms with Crippen LogP contribution in [0.1, 0.15) is 29.3 Å². The molecule has 1 heterocycles. The van der Waals surface area contributed by atoms with Crippen molar-refractivity contribution in [3.8, 4) is 0 Å². The molecule has 1 aliphatic rings. The predicted octanol–water partition coefficient (Wildman–Crippen LogP) is 1.13. The molecule has 2 rings (SSSR count). The van der Waals surface area contributed by atoms with Crippen LogP contribution in [-0.2, 0) is 9.84 Å². The van der Waals surface area contributed by atoms with Crippen molar-refractivity contribution in [2.24, 2.45) is 5.92 Å². The zero-order valence-electron chi connectivity index (χ0n) is 12.6. The van der Waals surface area contributed by atoms with E-state index in [1.807, 2.05) is 0 Å². The fourth-order valence-corrected chi connectivity index (χ4v) is 3.57. The summed E-state index contributed by atoms with van der Waals surface area (Å²) in [4.78, 5) is 12.5. The highest BCUT2D eigenvalue weighted by atomic mass is 32.2. The van der Waals surface area contributed by atoms with E-state index < -0.39 is 9.84 Å². The van der Waals surface area contributed by atoms with Gasteiger partial charge in [0.05, 0.1) is 4.90 Å². The summed E-state index contributed by atoms with van der Waals surface area (Å²) < 4.78 is 23.5. The molecule has 116 valence electrons. The summed E-state index contributed by atoms with van der Waals surface area (Å²) in [5, 5.41) is 6.24. The van der Waals surface area contributed by atoms with Gasteiger partial charge in [-0.3, -0.25) is 4.79 Å². The lowest BCUT2D eigenvalue weighted by atomic mass is 9.94. The number of piperidine rings is 1. The van der Waals surface area contributed by atoms with Gasteiger partial charge in [0.15, 0.2) is 9.84 Å². The highest BCUT2D eigenvalue weighted by molar-refractivity contribution is 7.90. The standard InChI is InChI=1S/C15H22N2O3S/c1-10-6-7-16-9-13(10)17-15(18)12-5-4-11(2)14(8-12)21(3,19)20/h4-5,8,10,13,16H,6-7,9H2,1-3H3,(H,17,18). The van der Waals surface area contributed by atoms with Gasteiger partial charge in [-0.05, 0) is 43.5 Å². The van der Waals surface area contributed by atoms with E-state index in [1.54, 1.807) is 19.1 Å². The molecule has 0 bridgehead atoms.